The van der Waals surface area contributed by atoms with Gasteiger partial charge in [-0.3, -0.25) is 4.79 Å². The zero-order chi connectivity index (χ0) is 18.9. The second kappa shape index (κ2) is 9.91. The summed E-state index contributed by atoms with van der Waals surface area (Å²) in [6.45, 7) is 2.78. The maximum Gasteiger partial charge on any atom is 0.234 e. The van der Waals surface area contributed by atoms with Gasteiger partial charge in [-0.05, 0) is 30.7 Å². The molecule has 5 nitrogen and oxygen atoms in total. The van der Waals surface area contributed by atoms with Crippen LogP contribution in [0, 0.1) is 11.3 Å². The van der Waals surface area contributed by atoms with Crippen molar-refractivity contribution in [2.75, 3.05) is 6.61 Å². The lowest BCUT2D eigenvalue weighted by atomic mass is 10.2. The molecular formula is C19H18Cl2N2O3. The fourth-order valence-corrected chi connectivity index (χ4v) is 2.70. The smallest absolute Gasteiger partial charge is 0.234 e. The number of hydrogen-bond acceptors (Lipinski definition) is 4. The minimum atomic E-state index is -0.347. The lowest BCUT2D eigenvalue weighted by molar-refractivity contribution is -0.120. The number of amides is 1. The van der Waals surface area contributed by atoms with E-state index in [-0.39, 0.29) is 25.5 Å². The van der Waals surface area contributed by atoms with Crippen LogP contribution in [0.4, 0.5) is 0 Å². The van der Waals surface area contributed by atoms with E-state index >= 15 is 0 Å². The summed E-state index contributed by atoms with van der Waals surface area (Å²) in [6.07, 6.45) is -0.189. The van der Waals surface area contributed by atoms with Crippen LogP contribution in [-0.4, -0.2) is 12.5 Å². The summed E-state index contributed by atoms with van der Waals surface area (Å²) in [7, 11) is 0. The number of nitrogens with zero attached hydrogens (tertiary/aromatic N) is 1. The summed E-state index contributed by atoms with van der Waals surface area (Å²) in [5.41, 5.74) is 1.58. The summed E-state index contributed by atoms with van der Waals surface area (Å²) < 4.78 is 11.5. The molecule has 0 bridgehead atoms. The Hall–Kier alpha value is -2.42. The highest BCUT2D eigenvalue weighted by atomic mass is 35.5. The zero-order valence-corrected chi connectivity index (χ0v) is 15.7. The number of carbonyl (C=O) groups excluding carboxylic acids is 1. The molecule has 0 atom stereocenters. The SMILES string of the molecule is CCOc1cc(CNC(=O)CC#N)cc(Cl)c1OCc1ccccc1Cl. The number of benzene rings is 2. The summed E-state index contributed by atoms with van der Waals surface area (Å²) in [5.74, 6) is 0.553. The first-order chi connectivity index (χ1) is 12.5. The van der Waals surface area contributed by atoms with Gasteiger partial charge in [0.15, 0.2) is 11.5 Å². The predicted octanol–water partition coefficient (Wildman–Crippen LogP) is 4.50. The predicted molar refractivity (Wildman–Crippen MR) is 100 cm³/mol. The fourth-order valence-electron chi connectivity index (χ4n) is 2.23. The fraction of sp³-hybridized carbons (Fsp3) is 0.263. The minimum Gasteiger partial charge on any atom is -0.490 e. The molecule has 0 heterocycles. The van der Waals surface area contributed by atoms with Gasteiger partial charge in [-0.15, -0.1) is 0 Å². The Morgan fingerprint density at radius 3 is 2.65 bits per heavy atom. The van der Waals surface area contributed by atoms with Crippen molar-refractivity contribution in [3.63, 3.8) is 0 Å². The first kappa shape index (κ1) is 19.9. The average Bonchev–Trinajstić information content (AvgIpc) is 2.61. The summed E-state index contributed by atoms with van der Waals surface area (Å²) >= 11 is 12.5. The normalized spacial score (nSPS) is 10.1. The quantitative estimate of drug-likeness (QED) is 0.717. The Kier molecular flexibility index (Phi) is 7.58. The van der Waals surface area contributed by atoms with Crippen LogP contribution in [-0.2, 0) is 17.9 Å². The third kappa shape index (κ3) is 5.55. The van der Waals surface area contributed by atoms with Crippen molar-refractivity contribution >= 4 is 29.1 Å². The number of carbonyl (C=O) groups is 1. The van der Waals surface area contributed by atoms with Crippen LogP contribution in [0.3, 0.4) is 0 Å². The highest BCUT2D eigenvalue weighted by molar-refractivity contribution is 6.32. The van der Waals surface area contributed by atoms with Gasteiger partial charge in [-0.25, -0.2) is 0 Å². The van der Waals surface area contributed by atoms with E-state index in [4.69, 9.17) is 37.9 Å². The lowest BCUT2D eigenvalue weighted by Gasteiger charge is -2.16. The first-order valence-corrected chi connectivity index (χ1v) is 8.75. The topological polar surface area (TPSA) is 71.3 Å². The third-order valence-corrected chi connectivity index (χ3v) is 4.08. The van der Waals surface area contributed by atoms with Crippen molar-refractivity contribution < 1.29 is 14.3 Å². The van der Waals surface area contributed by atoms with Gasteiger partial charge in [0.2, 0.25) is 5.91 Å². The largest absolute Gasteiger partial charge is 0.490 e. The molecule has 1 N–H and O–H groups in total. The molecule has 0 aromatic heterocycles. The highest BCUT2D eigenvalue weighted by Crippen LogP contribution is 2.37. The molecular weight excluding hydrogens is 375 g/mol. The van der Waals surface area contributed by atoms with Gasteiger partial charge in [0.05, 0.1) is 17.7 Å². The van der Waals surface area contributed by atoms with E-state index in [0.717, 1.165) is 11.1 Å². The summed E-state index contributed by atoms with van der Waals surface area (Å²) in [5, 5.41) is 12.1. The van der Waals surface area contributed by atoms with Gasteiger partial charge >= 0.3 is 0 Å². The summed E-state index contributed by atoms with van der Waals surface area (Å²) in [6, 6.07) is 12.6. The van der Waals surface area contributed by atoms with E-state index in [1.807, 2.05) is 25.1 Å². The molecule has 136 valence electrons. The number of hydrogen-bond donors (Lipinski definition) is 1. The first-order valence-electron chi connectivity index (χ1n) is 8.00. The highest BCUT2D eigenvalue weighted by Gasteiger charge is 2.14. The van der Waals surface area contributed by atoms with E-state index in [0.29, 0.717) is 28.2 Å². The molecule has 0 aliphatic rings. The second-order valence-corrected chi connectivity index (χ2v) is 6.14. The van der Waals surface area contributed by atoms with Crippen molar-refractivity contribution in [1.29, 1.82) is 5.26 Å². The molecule has 0 unspecified atom stereocenters. The maximum atomic E-state index is 11.4. The van der Waals surface area contributed by atoms with Gasteiger partial charge in [-0.2, -0.15) is 5.26 Å². The van der Waals surface area contributed by atoms with Crippen molar-refractivity contribution in [2.45, 2.75) is 26.5 Å². The molecule has 0 spiro atoms. The Morgan fingerprint density at radius 2 is 1.96 bits per heavy atom. The molecule has 0 aliphatic heterocycles. The van der Waals surface area contributed by atoms with E-state index in [1.165, 1.54) is 0 Å². The molecule has 0 aliphatic carbocycles. The maximum absolute atomic E-state index is 11.4. The molecule has 0 radical (unpaired) electrons. The van der Waals surface area contributed by atoms with E-state index in [9.17, 15) is 4.79 Å². The zero-order valence-electron chi connectivity index (χ0n) is 14.2. The Balaban J connectivity index is 2.16. The molecule has 26 heavy (non-hydrogen) atoms. The van der Waals surface area contributed by atoms with E-state index in [2.05, 4.69) is 5.32 Å². The van der Waals surface area contributed by atoms with Gasteiger partial charge in [0.1, 0.15) is 13.0 Å². The van der Waals surface area contributed by atoms with Gasteiger partial charge in [-0.1, -0.05) is 41.4 Å². The van der Waals surface area contributed by atoms with Crippen LogP contribution < -0.4 is 14.8 Å². The second-order valence-electron chi connectivity index (χ2n) is 5.33. The van der Waals surface area contributed by atoms with E-state index < -0.39 is 0 Å². The Morgan fingerprint density at radius 1 is 1.19 bits per heavy atom. The Bertz CT molecular complexity index is 819. The number of rotatable bonds is 8. The molecule has 2 aromatic rings. The van der Waals surface area contributed by atoms with Crippen molar-refractivity contribution in [3.05, 3.63) is 57.6 Å². The van der Waals surface area contributed by atoms with Crippen molar-refractivity contribution in [1.82, 2.24) is 5.32 Å². The minimum absolute atomic E-state index is 0.189. The van der Waals surface area contributed by atoms with Gasteiger partial charge in [0.25, 0.3) is 0 Å². The molecule has 7 heteroatoms. The monoisotopic (exact) mass is 392 g/mol. The van der Waals surface area contributed by atoms with Crippen LogP contribution in [0.2, 0.25) is 10.0 Å². The molecule has 2 aromatic carbocycles. The molecule has 2 rings (SSSR count). The molecule has 0 fully saturated rings. The van der Waals surface area contributed by atoms with Crippen molar-refractivity contribution in [3.8, 4) is 17.6 Å². The van der Waals surface area contributed by atoms with Crippen LogP contribution in [0.1, 0.15) is 24.5 Å². The van der Waals surface area contributed by atoms with Crippen molar-refractivity contribution in [2.24, 2.45) is 0 Å². The Labute approximate surface area is 162 Å². The van der Waals surface area contributed by atoms with E-state index in [1.54, 1.807) is 24.3 Å². The summed E-state index contributed by atoms with van der Waals surface area (Å²) in [4.78, 5) is 11.4. The molecule has 0 saturated carbocycles. The van der Waals surface area contributed by atoms with Gasteiger partial charge in [0, 0.05) is 17.1 Å². The number of ether oxygens (including phenoxy) is 2. The van der Waals surface area contributed by atoms with Crippen LogP contribution >= 0.6 is 23.2 Å². The van der Waals surface area contributed by atoms with Crippen LogP contribution in [0.25, 0.3) is 0 Å². The standard InChI is InChI=1S/C19H18Cl2N2O3/c1-2-25-17-10-13(11-23-18(24)7-8-22)9-16(21)19(17)26-12-14-5-3-4-6-15(14)20/h3-6,9-10H,2,7,11-12H2,1H3,(H,23,24). The average molecular weight is 393 g/mol. The lowest BCUT2D eigenvalue weighted by Crippen LogP contribution is -2.21. The van der Waals surface area contributed by atoms with Crippen LogP contribution in [0.15, 0.2) is 36.4 Å². The molecule has 0 saturated heterocycles. The number of halogens is 2. The number of nitriles is 1. The molecule has 1 amide bonds. The van der Waals surface area contributed by atoms with Gasteiger partial charge < -0.3 is 14.8 Å². The number of nitrogens with one attached hydrogen (secondary N) is 1. The third-order valence-electron chi connectivity index (χ3n) is 3.43. The van der Waals surface area contributed by atoms with Crippen LogP contribution in [0.5, 0.6) is 11.5 Å².